The molecule has 1 fully saturated rings. The molecular weight excluding hydrogens is 894 g/mol. The molecule has 4 heteroatoms. The number of fused-ring (bicyclic) bond motifs is 12. The highest BCUT2D eigenvalue weighted by Gasteiger charge is 2.61. The fourth-order valence-electron chi connectivity index (χ4n) is 16.5. The predicted molar refractivity (Wildman–Crippen MR) is 316 cm³/mol. The minimum absolute atomic E-state index is 0.0215. The molecule has 3 nitrogen and oxygen atoms in total. The summed E-state index contributed by atoms with van der Waals surface area (Å²) in [5.74, 6) is 0. The van der Waals surface area contributed by atoms with E-state index < -0.39 is 0 Å². The third-order valence-electron chi connectivity index (χ3n) is 21.4. The van der Waals surface area contributed by atoms with Gasteiger partial charge in [0.15, 0.2) is 0 Å². The fourth-order valence-corrected chi connectivity index (χ4v) is 16.5. The van der Waals surface area contributed by atoms with Gasteiger partial charge in [-0.3, -0.25) is 0 Å². The van der Waals surface area contributed by atoms with Gasteiger partial charge >= 0.3 is 0 Å². The van der Waals surface area contributed by atoms with Crippen molar-refractivity contribution in [2.75, 3.05) is 14.7 Å². The second-order valence-electron chi connectivity index (χ2n) is 27.9. The van der Waals surface area contributed by atoms with Crippen LogP contribution in [-0.4, -0.2) is 12.3 Å². The van der Waals surface area contributed by atoms with Crippen LogP contribution in [0.25, 0.3) is 11.1 Å². The van der Waals surface area contributed by atoms with Gasteiger partial charge in [0.2, 0.25) is 0 Å². The molecule has 0 bridgehead atoms. The number of rotatable bonds is 4. The highest BCUT2D eigenvalue weighted by molar-refractivity contribution is 7.00. The third-order valence-corrected chi connectivity index (χ3v) is 21.4. The predicted octanol–water partition coefficient (Wildman–Crippen LogP) is 16.8. The molecular formula is C70H76BN3. The number of anilines is 8. The Morgan fingerprint density at radius 1 is 0.432 bits per heavy atom. The third kappa shape index (κ3) is 6.03. The van der Waals surface area contributed by atoms with E-state index in [1.807, 2.05) is 0 Å². The van der Waals surface area contributed by atoms with Crippen molar-refractivity contribution in [3.63, 3.8) is 0 Å². The van der Waals surface area contributed by atoms with Crippen LogP contribution in [0.5, 0.6) is 0 Å². The van der Waals surface area contributed by atoms with Crippen LogP contribution in [0.2, 0.25) is 0 Å². The lowest BCUT2D eigenvalue weighted by molar-refractivity contribution is 0.195. The molecule has 2 unspecified atom stereocenters. The van der Waals surface area contributed by atoms with Crippen molar-refractivity contribution in [3.8, 4) is 11.1 Å². The molecule has 1 saturated carbocycles. The monoisotopic (exact) mass is 970 g/mol. The average Bonchev–Trinajstić information content (AvgIpc) is 3.73. The maximum absolute atomic E-state index is 2.87. The first kappa shape index (κ1) is 46.5. The van der Waals surface area contributed by atoms with E-state index >= 15 is 0 Å². The van der Waals surface area contributed by atoms with Crippen molar-refractivity contribution in [1.29, 1.82) is 0 Å². The summed E-state index contributed by atoms with van der Waals surface area (Å²) in [6.07, 6.45) is 9.72. The van der Waals surface area contributed by atoms with Crippen molar-refractivity contribution in [3.05, 3.63) is 172 Å². The molecule has 14 rings (SSSR count). The molecule has 7 aliphatic rings. The van der Waals surface area contributed by atoms with E-state index in [1.165, 1.54) is 163 Å². The summed E-state index contributed by atoms with van der Waals surface area (Å²) in [4.78, 5) is 8.20. The smallest absolute Gasteiger partial charge is 0.252 e. The van der Waals surface area contributed by atoms with Crippen molar-refractivity contribution in [1.82, 2.24) is 0 Å². The molecule has 7 aromatic rings. The van der Waals surface area contributed by atoms with E-state index in [0.717, 1.165) is 0 Å². The van der Waals surface area contributed by atoms with Gasteiger partial charge in [-0.05, 0) is 207 Å². The van der Waals surface area contributed by atoms with Crippen LogP contribution in [-0.2, 0) is 32.5 Å². The first-order valence-corrected chi connectivity index (χ1v) is 28.4. The molecule has 3 aliphatic heterocycles. The molecule has 0 spiro atoms. The highest BCUT2D eigenvalue weighted by atomic mass is 15.3. The Balaban J connectivity index is 1.05. The standard InChI is InChI=1S/C70H76BN3/c1-43-37-60-62-61(38-43)74-63-53(69(12)31-16-17-32-70(69,74)13)21-18-22-58(63)71(62)57-30-26-47(42-59(57)73(60)46-23-27-49-48-19-14-15-20-50(48)68(10,11)54(49)39-46)72(44-24-28-51-55(40-44)66(6,7)35-33-64(51,2)3)45-25-29-52-56(41-45)67(8,9)36-34-65(52,4)5/h14-15,18-30,37-42H,16-17,31-36H2,1-13H3. The van der Waals surface area contributed by atoms with Crippen molar-refractivity contribution >= 4 is 68.6 Å². The summed E-state index contributed by atoms with van der Waals surface area (Å²) in [5, 5.41) is 0. The van der Waals surface area contributed by atoms with Crippen molar-refractivity contribution in [2.24, 2.45) is 0 Å². The van der Waals surface area contributed by atoms with Crippen molar-refractivity contribution < 1.29 is 0 Å². The minimum atomic E-state index is -0.137. The Bertz CT molecular complexity index is 3510. The molecule has 4 aliphatic carbocycles. The van der Waals surface area contributed by atoms with Gasteiger partial charge in [-0.25, -0.2) is 0 Å². The van der Waals surface area contributed by atoms with Gasteiger partial charge in [0, 0.05) is 56.3 Å². The number of nitrogens with zero attached hydrogens (tertiary/aromatic N) is 3. The van der Waals surface area contributed by atoms with Crippen LogP contribution >= 0.6 is 0 Å². The lowest BCUT2D eigenvalue weighted by atomic mass is 9.33. The molecule has 2 atom stereocenters. The first-order chi connectivity index (χ1) is 35.1. The largest absolute Gasteiger partial charge is 0.335 e. The minimum Gasteiger partial charge on any atom is -0.335 e. The average molecular weight is 970 g/mol. The molecule has 0 aromatic heterocycles. The second-order valence-corrected chi connectivity index (χ2v) is 27.9. The lowest BCUT2D eigenvalue weighted by Gasteiger charge is -2.53. The maximum Gasteiger partial charge on any atom is 0.252 e. The number of benzene rings is 7. The van der Waals surface area contributed by atoms with Crippen LogP contribution in [0.4, 0.5) is 45.5 Å². The molecule has 3 heterocycles. The fraction of sp³-hybridized carbons (Fsp3) is 0.400. The molecule has 374 valence electrons. The van der Waals surface area contributed by atoms with Crippen LogP contribution in [0.15, 0.2) is 127 Å². The normalized spacial score (nSPS) is 23.9. The highest BCUT2D eigenvalue weighted by Crippen LogP contribution is 2.62. The zero-order valence-corrected chi connectivity index (χ0v) is 46.7. The van der Waals surface area contributed by atoms with E-state index in [1.54, 1.807) is 5.56 Å². The van der Waals surface area contributed by atoms with Crippen LogP contribution in [0.1, 0.15) is 179 Å². The van der Waals surface area contributed by atoms with E-state index in [-0.39, 0.29) is 44.7 Å². The Kier molecular flexibility index (Phi) is 9.36. The molecule has 0 saturated heterocycles. The SMILES string of the molecule is Cc1cc2c3c(c1)N1c4c(cccc4C4(C)CCCCC14C)B3c1ccc(N(c3ccc4c(c3)C(C)(C)CCC4(C)C)c3ccc4c(c3)C(C)(C)CCC4(C)C)cc1N2c1ccc2c(c1)C(C)(C)c1ccccc1-2. The summed E-state index contributed by atoms with van der Waals surface area (Å²) < 4.78 is 0. The van der Waals surface area contributed by atoms with E-state index in [9.17, 15) is 0 Å². The summed E-state index contributed by atoms with van der Waals surface area (Å²) in [7, 11) is 0. The number of aryl methyl sites for hydroxylation is 1. The van der Waals surface area contributed by atoms with Crippen LogP contribution < -0.4 is 31.1 Å². The first-order valence-electron chi connectivity index (χ1n) is 28.4. The summed E-state index contributed by atoms with van der Waals surface area (Å²) in [6.45, 7) is 32.2. The second kappa shape index (κ2) is 14.9. The van der Waals surface area contributed by atoms with Gasteiger partial charge in [0.25, 0.3) is 6.71 Å². The lowest BCUT2D eigenvalue weighted by Crippen LogP contribution is -2.64. The van der Waals surface area contributed by atoms with Crippen LogP contribution in [0, 0.1) is 6.92 Å². The van der Waals surface area contributed by atoms with E-state index in [2.05, 4.69) is 232 Å². The number of para-hydroxylation sites is 1. The Morgan fingerprint density at radius 3 is 1.68 bits per heavy atom. The number of hydrogen-bond donors (Lipinski definition) is 0. The Morgan fingerprint density at radius 2 is 1.00 bits per heavy atom. The summed E-state index contributed by atoms with van der Waals surface area (Å²) >= 11 is 0. The summed E-state index contributed by atoms with van der Waals surface area (Å²) in [6, 6.07) is 51.7. The van der Waals surface area contributed by atoms with Gasteiger partial charge in [0.05, 0.1) is 5.54 Å². The van der Waals surface area contributed by atoms with Gasteiger partial charge in [-0.2, -0.15) is 0 Å². The Labute approximate surface area is 443 Å². The maximum atomic E-state index is 2.87. The summed E-state index contributed by atoms with van der Waals surface area (Å²) in [5.41, 5.74) is 29.3. The zero-order chi connectivity index (χ0) is 51.4. The van der Waals surface area contributed by atoms with Crippen LogP contribution in [0.3, 0.4) is 0 Å². The molecule has 74 heavy (non-hydrogen) atoms. The number of hydrogen-bond acceptors (Lipinski definition) is 3. The zero-order valence-electron chi connectivity index (χ0n) is 46.7. The Hall–Kier alpha value is -6.00. The molecule has 7 aromatic carbocycles. The molecule has 0 amide bonds. The quantitative estimate of drug-likeness (QED) is 0.163. The van der Waals surface area contributed by atoms with Gasteiger partial charge in [-0.15, -0.1) is 0 Å². The van der Waals surface area contributed by atoms with E-state index in [0.29, 0.717) is 0 Å². The van der Waals surface area contributed by atoms with Gasteiger partial charge in [0.1, 0.15) is 0 Å². The van der Waals surface area contributed by atoms with Gasteiger partial charge < -0.3 is 14.7 Å². The topological polar surface area (TPSA) is 9.72 Å². The van der Waals surface area contributed by atoms with Gasteiger partial charge in [-0.1, -0.05) is 156 Å². The van der Waals surface area contributed by atoms with E-state index in [4.69, 9.17) is 0 Å². The molecule has 0 N–H and O–H groups in total. The molecule has 0 radical (unpaired) electrons. The van der Waals surface area contributed by atoms with Crippen molar-refractivity contribution in [2.45, 2.75) is 179 Å².